The molecule has 0 spiro atoms. The number of carboxylic acids is 2. The standard InChI is InChI=1S/C34H52O8/c1-19(16-25(36)21(18-35)20(2)30(40)41)22-10-14-34(7)24-8-9-26-31(3,4)27(42-29(39)17-28(37)38)12-13-32(26,5)23(24)11-15-33(22,34)6/h19-22,26-27,35H,8-18H2,1-7H3,(H,37,38)(H,40,41). The van der Waals surface area contributed by atoms with Crippen molar-refractivity contribution in [3.05, 3.63) is 11.1 Å². The van der Waals surface area contributed by atoms with Gasteiger partial charge in [-0.1, -0.05) is 59.6 Å². The van der Waals surface area contributed by atoms with Crippen LogP contribution in [0.2, 0.25) is 0 Å². The minimum Gasteiger partial charge on any atom is -0.481 e. The van der Waals surface area contributed by atoms with Gasteiger partial charge >= 0.3 is 17.9 Å². The zero-order valence-electron chi connectivity index (χ0n) is 26.6. The van der Waals surface area contributed by atoms with E-state index in [1.54, 1.807) is 11.1 Å². The molecule has 3 N–H and O–H groups in total. The van der Waals surface area contributed by atoms with Crippen molar-refractivity contribution >= 4 is 23.7 Å². The molecule has 42 heavy (non-hydrogen) atoms. The second-order valence-corrected chi connectivity index (χ2v) is 15.3. The number of ketones is 1. The van der Waals surface area contributed by atoms with Gasteiger partial charge in [-0.05, 0) is 85.4 Å². The van der Waals surface area contributed by atoms with E-state index in [2.05, 4.69) is 41.5 Å². The van der Waals surface area contributed by atoms with Gasteiger partial charge in [-0.3, -0.25) is 19.2 Å². The van der Waals surface area contributed by atoms with Crippen LogP contribution in [0.4, 0.5) is 0 Å². The summed E-state index contributed by atoms with van der Waals surface area (Å²) in [5.41, 5.74) is 2.96. The number of hydrogen-bond donors (Lipinski definition) is 3. The molecule has 0 heterocycles. The summed E-state index contributed by atoms with van der Waals surface area (Å²) in [6.45, 7) is 14.8. The Labute approximate surface area is 250 Å². The predicted octanol–water partition coefficient (Wildman–Crippen LogP) is 6.05. The average Bonchev–Trinajstić information content (AvgIpc) is 3.17. The topological polar surface area (TPSA) is 138 Å². The molecule has 0 bridgehead atoms. The van der Waals surface area contributed by atoms with Crippen molar-refractivity contribution in [1.82, 2.24) is 0 Å². The van der Waals surface area contributed by atoms with Crippen LogP contribution in [-0.4, -0.2) is 51.7 Å². The number of Topliss-reactive ketones (excluding diaryl/α,β-unsaturated/α-hetero) is 1. The molecule has 0 aromatic heterocycles. The Morgan fingerprint density at radius 2 is 1.57 bits per heavy atom. The average molecular weight is 589 g/mol. The number of aliphatic carboxylic acids is 2. The monoisotopic (exact) mass is 588 g/mol. The maximum Gasteiger partial charge on any atom is 0.317 e. The zero-order valence-corrected chi connectivity index (χ0v) is 26.6. The molecular formula is C34H52O8. The zero-order chi connectivity index (χ0) is 31.4. The summed E-state index contributed by atoms with van der Waals surface area (Å²) >= 11 is 0. The SMILES string of the molecule is CC(CC(=O)C(CO)C(C)C(=O)O)C1CCC2(C)C3=C(CCC12C)C1(C)CCC(OC(=O)CC(=O)O)C(C)(C)C1CC3. The first-order chi connectivity index (χ1) is 19.4. The van der Waals surface area contributed by atoms with Crippen LogP contribution >= 0.6 is 0 Å². The molecular weight excluding hydrogens is 536 g/mol. The second kappa shape index (κ2) is 11.4. The number of esters is 1. The van der Waals surface area contributed by atoms with Crippen molar-refractivity contribution in [3.8, 4) is 0 Å². The Hall–Kier alpha value is -2.22. The highest BCUT2D eigenvalue weighted by Gasteiger charge is 2.63. The molecule has 4 aliphatic rings. The van der Waals surface area contributed by atoms with Gasteiger partial charge < -0.3 is 20.1 Å². The molecule has 8 heteroatoms. The molecule has 4 rings (SSSR count). The lowest BCUT2D eigenvalue weighted by molar-refractivity contribution is -0.172. The summed E-state index contributed by atoms with van der Waals surface area (Å²) in [5.74, 6) is -4.04. The van der Waals surface area contributed by atoms with Crippen LogP contribution in [0.1, 0.15) is 113 Å². The van der Waals surface area contributed by atoms with Gasteiger partial charge in [-0.15, -0.1) is 0 Å². The number of allylic oxidation sites excluding steroid dienone is 2. The Bertz CT molecular complexity index is 1150. The fraction of sp³-hybridized carbons (Fsp3) is 0.824. The molecule has 0 radical (unpaired) electrons. The number of aliphatic hydroxyl groups is 1. The van der Waals surface area contributed by atoms with Gasteiger partial charge in [0, 0.05) is 11.8 Å². The first kappa shape index (κ1) is 32.7. The number of carbonyl (C=O) groups is 4. The van der Waals surface area contributed by atoms with Crippen LogP contribution in [-0.2, 0) is 23.9 Å². The summed E-state index contributed by atoms with van der Waals surface area (Å²) in [5, 5.41) is 28.3. The maximum absolute atomic E-state index is 13.2. The van der Waals surface area contributed by atoms with Gasteiger partial charge in [0.15, 0.2) is 0 Å². The highest BCUT2D eigenvalue weighted by molar-refractivity contribution is 5.90. The van der Waals surface area contributed by atoms with E-state index in [1.165, 1.54) is 6.92 Å². The number of carbonyl (C=O) groups excluding carboxylic acids is 2. The predicted molar refractivity (Wildman–Crippen MR) is 157 cm³/mol. The minimum atomic E-state index is -1.17. The van der Waals surface area contributed by atoms with Gasteiger partial charge in [-0.25, -0.2) is 0 Å². The summed E-state index contributed by atoms with van der Waals surface area (Å²) in [7, 11) is 0. The van der Waals surface area contributed by atoms with Gasteiger partial charge in [0.05, 0.1) is 18.4 Å². The van der Waals surface area contributed by atoms with Gasteiger partial charge in [0.1, 0.15) is 18.3 Å². The van der Waals surface area contributed by atoms with E-state index in [4.69, 9.17) is 9.84 Å². The Morgan fingerprint density at radius 1 is 0.905 bits per heavy atom. The minimum absolute atomic E-state index is 0.00187. The Kier molecular flexibility index (Phi) is 8.85. The van der Waals surface area contributed by atoms with Crippen molar-refractivity contribution in [2.45, 2.75) is 119 Å². The molecule has 2 fully saturated rings. The van der Waals surface area contributed by atoms with E-state index in [0.717, 1.165) is 51.4 Å². The molecule has 0 saturated heterocycles. The first-order valence-electron chi connectivity index (χ1n) is 15.9. The van der Waals surface area contributed by atoms with Crippen molar-refractivity contribution in [3.63, 3.8) is 0 Å². The van der Waals surface area contributed by atoms with Crippen molar-refractivity contribution in [2.24, 2.45) is 51.2 Å². The van der Waals surface area contributed by atoms with Crippen molar-refractivity contribution < 1.29 is 39.2 Å². The highest BCUT2D eigenvalue weighted by atomic mass is 16.5. The van der Waals surface area contributed by atoms with E-state index in [-0.39, 0.29) is 39.5 Å². The number of hydrogen-bond acceptors (Lipinski definition) is 6. The maximum atomic E-state index is 13.2. The summed E-state index contributed by atoms with van der Waals surface area (Å²) < 4.78 is 5.77. The number of aliphatic hydroxyl groups excluding tert-OH is 1. The van der Waals surface area contributed by atoms with Gasteiger partial charge in [0.25, 0.3) is 0 Å². The molecule has 2 saturated carbocycles. The molecule has 8 nitrogen and oxygen atoms in total. The molecule has 4 aliphatic carbocycles. The van der Waals surface area contributed by atoms with Crippen LogP contribution < -0.4 is 0 Å². The van der Waals surface area contributed by atoms with E-state index < -0.39 is 42.8 Å². The number of carboxylic acid groups (broad SMARTS) is 2. The molecule has 0 amide bonds. The highest BCUT2D eigenvalue weighted by Crippen LogP contribution is 2.72. The second-order valence-electron chi connectivity index (χ2n) is 15.3. The van der Waals surface area contributed by atoms with E-state index in [0.29, 0.717) is 18.3 Å². The van der Waals surface area contributed by atoms with Crippen LogP contribution in [0, 0.1) is 51.2 Å². The van der Waals surface area contributed by atoms with Crippen LogP contribution in [0.25, 0.3) is 0 Å². The quantitative estimate of drug-likeness (QED) is 0.159. The van der Waals surface area contributed by atoms with E-state index in [9.17, 15) is 29.4 Å². The van der Waals surface area contributed by atoms with E-state index >= 15 is 0 Å². The van der Waals surface area contributed by atoms with Crippen molar-refractivity contribution in [1.29, 1.82) is 0 Å². The number of ether oxygens (including phenoxy) is 1. The number of rotatable bonds is 10. The van der Waals surface area contributed by atoms with Crippen molar-refractivity contribution in [2.75, 3.05) is 6.61 Å². The fourth-order valence-corrected chi connectivity index (χ4v) is 10.5. The largest absolute Gasteiger partial charge is 0.481 e. The first-order valence-corrected chi connectivity index (χ1v) is 15.9. The third-order valence-corrected chi connectivity index (χ3v) is 13.1. The molecule has 9 unspecified atom stereocenters. The van der Waals surface area contributed by atoms with Crippen LogP contribution in [0.3, 0.4) is 0 Å². The molecule has 0 aromatic carbocycles. The van der Waals surface area contributed by atoms with Crippen LogP contribution in [0.5, 0.6) is 0 Å². The number of fused-ring (bicyclic) bond motifs is 4. The summed E-state index contributed by atoms with van der Waals surface area (Å²) in [6, 6.07) is 0. The smallest absolute Gasteiger partial charge is 0.317 e. The fourth-order valence-electron chi connectivity index (χ4n) is 10.5. The lowest BCUT2D eigenvalue weighted by Crippen LogP contribution is -2.56. The van der Waals surface area contributed by atoms with E-state index in [1.807, 2.05) is 0 Å². The molecule has 236 valence electrons. The summed E-state index contributed by atoms with van der Waals surface area (Å²) in [4.78, 5) is 48.0. The van der Waals surface area contributed by atoms with Crippen LogP contribution in [0.15, 0.2) is 11.1 Å². The third kappa shape index (κ3) is 5.13. The third-order valence-electron chi connectivity index (χ3n) is 13.1. The lowest BCUT2D eigenvalue weighted by Gasteiger charge is -2.62. The summed E-state index contributed by atoms with van der Waals surface area (Å²) in [6.07, 6.45) is 7.19. The van der Waals surface area contributed by atoms with Gasteiger partial charge in [0.2, 0.25) is 0 Å². The molecule has 0 aliphatic heterocycles. The van der Waals surface area contributed by atoms with Gasteiger partial charge in [-0.2, -0.15) is 0 Å². The Morgan fingerprint density at radius 3 is 2.17 bits per heavy atom. The normalized spacial score (nSPS) is 37.5. The molecule has 9 atom stereocenters. The molecule has 0 aromatic rings. The Balaban J connectivity index is 1.57. The lowest BCUT2D eigenvalue weighted by atomic mass is 9.43.